The van der Waals surface area contributed by atoms with E-state index in [9.17, 15) is 14.4 Å². The van der Waals surface area contributed by atoms with Crippen LogP contribution in [0, 0.1) is 0 Å². The normalized spacial score (nSPS) is 10.6. The molecule has 11 heteroatoms. The Bertz CT molecular complexity index is 1370. The number of carbonyl (C=O) groups is 2. The Morgan fingerprint density at radius 3 is 2.38 bits per heavy atom. The van der Waals surface area contributed by atoms with Crippen molar-refractivity contribution < 1.29 is 14.3 Å². The predicted molar refractivity (Wildman–Crippen MR) is 139 cm³/mol. The van der Waals surface area contributed by atoms with Crippen LogP contribution in [0.1, 0.15) is 38.8 Å². The quantitative estimate of drug-likeness (QED) is 0.289. The van der Waals surface area contributed by atoms with Crippen LogP contribution < -0.4 is 16.3 Å². The molecule has 0 saturated carbocycles. The zero-order valence-electron chi connectivity index (χ0n) is 20.0. The summed E-state index contributed by atoms with van der Waals surface area (Å²) in [4.78, 5) is 40.5. The minimum absolute atomic E-state index is 0.123. The van der Waals surface area contributed by atoms with Crippen LogP contribution in [0.25, 0.3) is 0 Å². The summed E-state index contributed by atoms with van der Waals surface area (Å²) in [6, 6.07) is 20.5. The van der Waals surface area contributed by atoms with Crippen molar-refractivity contribution in [2.24, 2.45) is 0 Å². The molecule has 190 valence electrons. The number of unbranched alkanes of at least 4 members (excludes halogenated alkanes) is 1. The summed E-state index contributed by atoms with van der Waals surface area (Å²) in [5.74, 6) is -0.117. The number of hydrogen-bond donors (Lipinski definition) is 2. The fraction of sp³-hybridized carbons (Fsp3) is 0.231. The molecule has 2 amide bonds. The molecule has 0 saturated heterocycles. The molecule has 0 radical (unpaired) electrons. The number of carbonyl (C=O) groups excluding carboxylic acids is 2. The minimum Gasteiger partial charge on any atom is -0.444 e. The number of nitrogens with one attached hydrogen (secondary N) is 2. The Balaban J connectivity index is 1.17. The zero-order chi connectivity index (χ0) is 25.9. The fourth-order valence-corrected chi connectivity index (χ4v) is 4.19. The fourth-order valence-electron chi connectivity index (χ4n) is 3.39. The number of aromatic nitrogens is 4. The predicted octanol–water partition coefficient (Wildman–Crippen LogP) is 3.80. The third kappa shape index (κ3) is 8.07. The summed E-state index contributed by atoms with van der Waals surface area (Å²) in [5, 5.41) is 14.5. The van der Waals surface area contributed by atoms with Gasteiger partial charge < -0.3 is 10.1 Å². The molecular weight excluding hydrogens is 492 g/mol. The molecule has 2 aromatic carbocycles. The highest BCUT2D eigenvalue weighted by Gasteiger charge is 2.12. The van der Waals surface area contributed by atoms with E-state index in [1.165, 1.54) is 15.9 Å². The second kappa shape index (κ2) is 13.1. The molecule has 0 aliphatic heterocycles. The molecule has 4 rings (SSSR count). The van der Waals surface area contributed by atoms with Gasteiger partial charge in [0.25, 0.3) is 5.91 Å². The van der Waals surface area contributed by atoms with E-state index >= 15 is 0 Å². The van der Waals surface area contributed by atoms with E-state index in [-0.39, 0.29) is 18.3 Å². The van der Waals surface area contributed by atoms with E-state index in [1.807, 2.05) is 60.7 Å². The number of ether oxygens (including phenoxy) is 1. The van der Waals surface area contributed by atoms with Crippen molar-refractivity contribution in [2.45, 2.75) is 39.0 Å². The summed E-state index contributed by atoms with van der Waals surface area (Å²) >= 11 is 1.27. The lowest BCUT2D eigenvalue weighted by molar-refractivity contribution is 0.0949. The molecule has 0 bridgehead atoms. The molecule has 0 fully saturated rings. The number of nitrogens with zero attached hydrogens (tertiary/aromatic N) is 4. The highest BCUT2D eigenvalue weighted by Crippen LogP contribution is 2.13. The molecule has 0 aliphatic rings. The number of rotatable bonds is 11. The molecule has 37 heavy (non-hydrogen) atoms. The van der Waals surface area contributed by atoms with Crippen LogP contribution in [0.5, 0.6) is 0 Å². The van der Waals surface area contributed by atoms with E-state index in [4.69, 9.17) is 4.74 Å². The Morgan fingerprint density at radius 2 is 1.65 bits per heavy atom. The number of aryl methyl sites for hydroxylation is 2. The van der Waals surface area contributed by atoms with E-state index < -0.39 is 11.8 Å². The Kier molecular flexibility index (Phi) is 9.08. The van der Waals surface area contributed by atoms with E-state index in [1.54, 1.807) is 12.3 Å². The van der Waals surface area contributed by atoms with E-state index in [2.05, 4.69) is 25.8 Å². The van der Waals surface area contributed by atoms with Gasteiger partial charge in [-0.15, -0.1) is 10.2 Å². The molecule has 2 N–H and O–H groups in total. The van der Waals surface area contributed by atoms with Crippen LogP contribution in [0.3, 0.4) is 0 Å². The summed E-state index contributed by atoms with van der Waals surface area (Å²) < 4.78 is 6.62. The molecule has 10 nitrogen and oxygen atoms in total. The van der Waals surface area contributed by atoms with Gasteiger partial charge >= 0.3 is 11.8 Å². The Labute approximate surface area is 217 Å². The molecule has 0 unspecified atom stereocenters. The van der Waals surface area contributed by atoms with Crippen LogP contribution in [0.4, 0.5) is 10.6 Å². The van der Waals surface area contributed by atoms with Gasteiger partial charge in [0.15, 0.2) is 0 Å². The summed E-state index contributed by atoms with van der Waals surface area (Å²) in [6.45, 7) is 1.02. The van der Waals surface area contributed by atoms with Crippen molar-refractivity contribution in [2.75, 3.05) is 5.32 Å². The molecule has 2 heterocycles. The average Bonchev–Trinajstić information content (AvgIpc) is 3.40. The monoisotopic (exact) mass is 518 g/mol. The topological polar surface area (TPSA) is 128 Å². The van der Waals surface area contributed by atoms with Crippen molar-refractivity contribution in [1.82, 2.24) is 25.1 Å². The van der Waals surface area contributed by atoms with Crippen molar-refractivity contribution >= 4 is 29.2 Å². The maximum Gasteiger partial charge on any atom is 0.413 e. The first-order chi connectivity index (χ1) is 18.1. The molecular formula is C26H26N6O4S. The number of amides is 2. The summed E-state index contributed by atoms with van der Waals surface area (Å²) in [5.41, 5.74) is 1.41. The minimum atomic E-state index is -0.682. The average molecular weight is 519 g/mol. The molecule has 0 spiro atoms. The maximum absolute atomic E-state index is 12.3. The molecule has 0 aliphatic carbocycles. The second-order valence-electron chi connectivity index (χ2n) is 8.10. The smallest absolute Gasteiger partial charge is 0.413 e. The van der Waals surface area contributed by atoms with E-state index in [0.717, 1.165) is 22.6 Å². The maximum atomic E-state index is 12.3. The van der Waals surface area contributed by atoms with Crippen molar-refractivity contribution in [3.05, 3.63) is 105 Å². The lowest BCUT2D eigenvalue weighted by Gasteiger charge is -2.08. The molecule has 0 atom stereocenters. The lowest BCUT2D eigenvalue weighted by atomic mass is 10.2. The summed E-state index contributed by atoms with van der Waals surface area (Å²) in [7, 11) is 0. The third-order valence-corrected chi connectivity index (χ3v) is 6.30. The van der Waals surface area contributed by atoms with Gasteiger partial charge in [0.1, 0.15) is 17.4 Å². The number of benzene rings is 2. The number of hydrogen-bond acceptors (Lipinski definition) is 8. The van der Waals surface area contributed by atoms with Gasteiger partial charge in [-0.1, -0.05) is 72.0 Å². The van der Waals surface area contributed by atoms with Gasteiger partial charge in [-0.3, -0.25) is 14.7 Å². The lowest BCUT2D eigenvalue weighted by Crippen LogP contribution is -2.25. The highest BCUT2D eigenvalue weighted by atomic mass is 32.1. The van der Waals surface area contributed by atoms with Crippen LogP contribution >= 0.6 is 11.3 Å². The van der Waals surface area contributed by atoms with Gasteiger partial charge in [0.2, 0.25) is 5.01 Å². The van der Waals surface area contributed by atoms with Crippen LogP contribution in [-0.4, -0.2) is 31.7 Å². The standard InChI is InChI=1S/C26H26N6O4S/c33-23(27-17-19-9-3-1-4-10-19)24-31-30-22(37-24)13-7-8-15-32-16-14-21(28-25(32)34)29-26(35)36-18-20-11-5-2-6-12-20/h1-6,9-12,14,16H,7-8,13,15,17-18H2,(H,27,33)(H,28,29,34,35). The van der Waals surface area contributed by atoms with Crippen LogP contribution in [-0.2, 0) is 30.9 Å². The zero-order valence-corrected chi connectivity index (χ0v) is 20.8. The van der Waals surface area contributed by atoms with Crippen molar-refractivity contribution in [3.63, 3.8) is 0 Å². The largest absolute Gasteiger partial charge is 0.444 e. The van der Waals surface area contributed by atoms with Crippen molar-refractivity contribution in [3.8, 4) is 0 Å². The van der Waals surface area contributed by atoms with Gasteiger partial charge in [-0.05, 0) is 30.0 Å². The van der Waals surface area contributed by atoms with Gasteiger partial charge in [-0.25, -0.2) is 9.59 Å². The van der Waals surface area contributed by atoms with Crippen LogP contribution in [0.15, 0.2) is 77.7 Å². The van der Waals surface area contributed by atoms with Gasteiger partial charge in [-0.2, -0.15) is 4.98 Å². The number of anilines is 1. The first kappa shape index (κ1) is 25.7. The first-order valence-corrected chi connectivity index (χ1v) is 12.6. The Hall–Kier alpha value is -4.38. The van der Waals surface area contributed by atoms with Crippen molar-refractivity contribution in [1.29, 1.82) is 0 Å². The molecule has 4 aromatic rings. The Morgan fingerprint density at radius 1 is 0.919 bits per heavy atom. The highest BCUT2D eigenvalue weighted by molar-refractivity contribution is 7.13. The van der Waals surface area contributed by atoms with Gasteiger partial charge in [0, 0.05) is 25.7 Å². The summed E-state index contributed by atoms with van der Waals surface area (Å²) in [6.07, 6.45) is 3.03. The van der Waals surface area contributed by atoms with E-state index in [0.29, 0.717) is 30.9 Å². The molecule has 2 aromatic heterocycles. The third-order valence-electron chi connectivity index (χ3n) is 5.31. The second-order valence-corrected chi connectivity index (χ2v) is 9.16. The SMILES string of the molecule is O=C(Nc1ccn(CCCCc2nnc(C(=O)NCc3ccccc3)s2)c(=O)n1)OCc1ccccc1. The van der Waals surface area contributed by atoms with Crippen LogP contribution in [0.2, 0.25) is 0 Å². The first-order valence-electron chi connectivity index (χ1n) is 11.8. The van der Waals surface area contributed by atoms with Gasteiger partial charge in [0.05, 0.1) is 0 Å².